The summed E-state index contributed by atoms with van der Waals surface area (Å²) in [5.41, 5.74) is 0.956. The van der Waals surface area contributed by atoms with Gasteiger partial charge >= 0.3 is 0 Å². The van der Waals surface area contributed by atoms with Gasteiger partial charge in [-0.3, -0.25) is 4.79 Å². The van der Waals surface area contributed by atoms with Gasteiger partial charge in [-0.1, -0.05) is 42.6 Å². The maximum Gasteiger partial charge on any atom is 0.237 e. The smallest absolute Gasteiger partial charge is 0.237 e. The van der Waals surface area contributed by atoms with Crippen LogP contribution in [0.1, 0.15) is 50.6 Å². The molecular weight excluding hydrogens is 372 g/mol. The Morgan fingerprint density at radius 1 is 1.23 bits per heavy atom. The van der Waals surface area contributed by atoms with Gasteiger partial charge in [-0.15, -0.1) is 0 Å². The lowest BCUT2D eigenvalue weighted by atomic mass is 10.1. The second-order valence-electron chi connectivity index (χ2n) is 7.42. The topological polar surface area (TPSA) is 66.5 Å². The summed E-state index contributed by atoms with van der Waals surface area (Å²) >= 11 is 6.23. The molecule has 1 aliphatic heterocycles. The average Bonchev–Trinajstić information content (AvgIpc) is 3.23. The Bertz CT molecular complexity index is 747. The van der Waals surface area contributed by atoms with Gasteiger partial charge in [0, 0.05) is 23.1 Å². The lowest BCUT2D eigenvalue weighted by Gasteiger charge is -2.34. The first-order valence-corrected chi connectivity index (χ1v) is 11.6. The van der Waals surface area contributed by atoms with E-state index in [2.05, 4.69) is 5.32 Å². The molecule has 2 fully saturated rings. The number of nitrogens with zero attached hydrogens (tertiary/aromatic N) is 1. The van der Waals surface area contributed by atoms with Gasteiger partial charge in [-0.2, -0.15) is 0 Å². The molecule has 7 heteroatoms. The van der Waals surface area contributed by atoms with Gasteiger partial charge in [0.2, 0.25) is 5.91 Å². The number of amides is 1. The second-order valence-corrected chi connectivity index (χ2v) is 10.1. The molecule has 1 heterocycles. The van der Waals surface area contributed by atoms with Gasteiger partial charge in [-0.05, 0) is 37.8 Å². The Morgan fingerprint density at radius 3 is 2.54 bits per heavy atom. The first-order valence-electron chi connectivity index (χ1n) is 9.37. The molecule has 5 nitrogen and oxygen atoms in total. The SMILES string of the molecule is C[C@H](NCC(=O)N(C1CCCC1)[C@@H]1CCS(=O)(=O)C1)c1ccccc1Cl. The minimum absolute atomic E-state index is 0.00194. The summed E-state index contributed by atoms with van der Waals surface area (Å²) in [4.78, 5) is 14.9. The summed E-state index contributed by atoms with van der Waals surface area (Å²) in [6, 6.07) is 7.55. The highest BCUT2D eigenvalue weighted by molar-refractivity contribution is 7.91. The fraction of sp³-hybridized carbons (Fsp3) is 0.632. The fourth-order valence-corrected chi connectivity index (χ4v) is 6.16. The Hall–Kier alpha value is -1.11. The molecule has 2 aliphatic rings. The molecule has 0 unspecified atom stereocenters. The number of benzene rings is 1. The Morgan fingerprint density at radius 2 is 1.92 bits per heavy atom. The van der Waals surface area contributed by atoms with Crippen LogP contribution < -0.4 is 5.32 Å². The molecule has 0 bridgehead atoms. The van der Waals surface area contributed by atoms with Crippen molar-refractivity contribution >= 4 is 27.3 Å². The van der Waals surface area contributed by atoms with Crippen molar-refractivity contribution in [3.63, 3.8) is 0 Å². The molecule has 1 saturated carbocycles. The van der Waals surface area contributed by atoms with Gasteiger partial charge in [0.15, 0.2) is 9.84 Å². The Balaban J connectivity index is 1.67. The lowest BCUT2D eigenvalue weighted by Crippen LogP contribution is -2.50. The van der Waals surface area contributed by atoms with E-state index in [1.54, 1.807) is 0 Å². The lowest BCUT2D eigenvalue weighted by molar-refractivity contribution is -0.134. The molecule has 144 valence electrons. The predicted octanol–water partition coefficient (Wildman–Crippen LogP) is 2.95. The summed E-state index contributed by atoms with van der Waals surface area (Å²) in [5, 5.41) is 3.94. The molecule has 2 atom stereocenters. The number of sulfone groups is 1. The number of rotatable bonds is 6. The van der Waals surface area contributed by atoms with E-state index < -0.39 is 9.84 Å². The van der Waals surface area contributed by atoms with Gasteiger partial charge in [0.05, 0.1) is 18.1 Å². The normalized spacial score (nSPS) is 23.8. The maximum absolute atomic E-state index is 13.0. The van der Waals surface area contributed by atoms with Gasteiger partial charge in [0.1, 0.15) is 0 Å². The Kier molecular flexibility index (Phi) is 6.25. The maximum atomic E-state index is 13.0. The first kappa shape index (κ1) is 19.6. The molecule has 1 N–H and O–H groups in total. The fourth-order valence-electron chi connectivity index (χ4n) is 4.15. The van der Waals surface area contributed by atoms with Crippen LogP contribution in [0, 0.1) is 0 Å². The van der Waals surface area contributed by atoms with E-state index in [1.807, 2.05) is 36.1 Å². The van der Waals surface area contributed by atoms with Crippen molar-refractivity contribution in [3.8, 4) is 0 Å². The summed E-state index contributed by atoms with van der Waals surface area (Å²) < 4.78 is 23.8. The molecule has 3 rings (SSSR count). The number of halogens is 1. The highest BCUT2D eigenvalue weighted by Crippen LogP contribution is 2.29. The van der Waals surface area contributed by atoms with Crippen LogP contribution in [0.15, 0.2) is 24.3 Å². The number of hydrogen-bond donors (Lipinski definition) is 1. The van der Waals surface area contributed by atoms with Crippen LogP contribution in [0.25, 0.3) is 0 Å². The van der Waals surface area contributed by atoms with Crippen molar-refractivity contribution in [3.05, 3.63) is 34.9 Å². The van der Waals surface area contributed by atoms with Crippen LogP contribution in [-0.4, -0.2) is 49.4 Å². The van der Waals surface area contributed by atoms with Gasteiger partial charge in [0.25, 0.3) is 0 Å². The zero-order chi connectivity index (χ0) is 18.7. The van der Waals surface area contributed by atoms with E-state index in [0.29, 0.717) is 11.4 Å². The van der Waals surface area contributed by atoms with E-state index in [-0.39, 0.29) is 42.1 Å². The van der Waals surface area contributed by atoms with Crippen LogP contribution in [-0.2, 0) is 14.6 Å². The van der Waals surface area contributed by atoms with Crippen LogP contribution in [0.3, 0.4) is 0 Å². The van der Waals surface area contributed by atoms with Crippen molar-refractivity contribution in [1.29, 1.82) is 0 Å². The second kappa shape index (κ2) is 8.28. The summed E-state index contributed by atoms with van der Waals surface area (Å²) in [5.74, 6) is 0.297. The number of carbonyl (C=O) groups is 1. The van der Waals surface area contributed by atoms with Crippen molar-refractivity contribution in [2.45, 2.75) is 57.2 Å². The molecule has 1 aliphatic carbocycles. The third kappa shape index (κ3) is 4.59. The molecule has 1 aromatic rings. The monoisotopic (exact) mass is 398 g/mol. The number of nitrogens with one attached hydrogen (secondary N) is 1. The quantitative estimate of drug-likeness (QED) is 0.800. The molecule has 1 aromatic carbocycles. The van der Waals surface area contributed by atoms with E-state index in [9.17, 15) is 13.2 Å². The first-order chi connectivity index (χ1) is 12.4. The Labute approximate surface area is 161 Å². The minimum Gasteiger partial charge on any atom is -0.335 e. The molecule has 26 heavy (non-hydrogen) atoms. The van der Waals surface area contributed by atoms with Crippen LogP contribution in [0.5, 0.6) is 0 Å². The zero-order valence-electron chi connectivity index (χ0n) is 15.2. The van der Waals surface area contributed by atoms with Crippen molar-refractivity contribution in [1.82, 2.24) is 10.2 Å². The molecule has 0 aromatic heterocycles. The molecular formula is C19H27ClN2O3S. The molecule has 0 radical (unpaired) electrons. The predicted molar refractivity (Wildman–Crippen MR) is 104 cm³/mol. The summed E-state index contributed by atoms with van der Waals surface area (Å²) in [7, 11) is -3.02. The number of hydrogen-bond acceptors (Lipinski definition) is 4. The van der Waals surface area contributed by atoms with Crippen LogP contribution in [0.4, 0.5) is 0 Å². The van der Waals surface area contributed by atoms with E-state index in [1.165, 1.54) is 0 Å². The highest BCUT2D eigenvalue weighted by atomic mass is 35.5. The van der Waals surface area contributed by atoms with Crippen molar-refractivity contribution < 1.29 is 13.2 Å². The summed E-state index contributed by atoms with van der Waals surface area (Å²) in [6.07, 6.45) is 4.73. The highest BCUT2D eigenvalue weighted by Gasteiger charge is 2.38. The van der Waals surface area contributed by atoms with Crippen LogP contribution >= 0.6 is 11.6 Å². The van der Waals surface area contributed by atoms with Gasteiger partial charge < -0.3 is 10.2 Å². The molecule has 1 amide bonds. The van der Waals surface area contributed by atoms with Crippen molar-refractivity contribution in [2.75, 3.05) is 18.1 Å². The third-order valence-electron chi connectivity index (χ3n) is 5.54. The molecule has 1 saturated heterocycles. The van der Waals surface area contributed by atoms with E-state index in [4.69, 9.17) is 11.6 Å². The summed E-state index contributed by atoms with van der Waals surface area (Å²) in [6.45, 7) is 2.17. The van der Waals surface area contributed by atoms with Gasteiger partial charge in [-0.25, -0.2) is 8.42 Å². The van der Waals surface area contributed by atoms with Crippen LogP contribution in [0.2, 0.25) is 5.02 Å². The van der Waals surface area contributed by atoms with E-state index in [0.717, 1.165) is 31.2 Å². The van der Waals surface area contributed by atoms with Crippen molar-refractivity contribution in [2.24, 2.45) is 0 Å². The van der Waals surface area contributed by atoms with E-state index >= 15 is 0 Å². The largest absolute Gasteiger partial charge is 0.335 e. The molecule has 0 spiro atoms. The minimum atomic E-state index is -3.02. The standard InChI is InChI=1S/C19H27ClN2O3S/c1-14(17-8-4-5-9-18(17)20)21-12-19(23)22(15-6-2-3-7-15)16-10-11-26(24,25)13-16/h4-5,8-9,14-16,21H,2-3,6-7,10-13H2,1H3/t14-,16+/m0/s1. The number of carbonyl (C=O) groups excluding carboxylic acids is 1. The zero-order valence-corrected chi connectivity index (χ0v) is 16.7. The average molecular weight is 399 g/mol. The third-order valence-corrected chi connectivity index (χ3v) is 7.63.